The number of benzene rings is 1. The average molecular weight is 333 g/mol. The monoisotopic (exact) mass is 333 g/mol. The average Bonchev–Trinajstić information content (AvgIpc) is 2.61. The summed E-state index contributed by atoms with van der Waals surface area (Å²) in [4.78, 5) is 11.9. The normalized spacial score (nSPS) is 15.2. The minimum absolute atomic E-state index is 0.0511. The van der Waals surface area contributed by atoms with Crippen molar-refractivity contribution in [2.24, 2.45) is 0 Å². The molecule has 24 heavy (non-hydrogen) atoms. The number of nitrogens with zero attached hydrogens (tertiary/aromatic N) is 5. The van der Waals surface area contributed by atoms with Crippen LogP contribution in [0.25, 0.3) is 0 Å². The molecule has 5 nitrogen and oxygen atoms in total. The molecule has 2 heterocycles. The fourth-order valence-electron chi connectivity index (χ4n) is 2.70. The largest absolute Gasteiger partial charge is 0.418 e. The maximum atomic E-state index is 13.2. The number of piperazine rings is 1. The fraction of sp³-hybridized carbons (Fsp3) is 0.312. The van der Waals surface area contributed by atoms with Crippen molar-refractivity contribution in [3.8, 4) is 6.07 Å². The number of rotatable bonds is 2. The SMILES string of the molecule is N#Cc1ccc(C(F)(F)F)c(N2CCN(c3ncccn3)CC2)c1. The summed E-state index contributed by atoms with van der Waals surface area (Å²) in [5.41, 5.74) is -0.451. The number of alkyl halides is 3. The highest BCUT2D eigenvalue weighted by Gasteiger charge is 2.35. The molecule has 1 fully saturated rings. The van der Waals surface area contributed by atoms with Gasteiger partial charge in [0.15, 0.2) is 0 Å². The summed E-state index contributed by atoms with van der Waals surface area (Å²) in [5.74, 6) is 0.568. The van der Waals surface area contributed by atoms with Gasteiger partial charge in [0.2, 0.25) is 5.95 Å². The lowest BCUT2D eigenvalue weighted by molar-refractivity contribution is -0.137. The van der Waals surface area contributed by atoms with Crippen molar-refractivity contribution in [3.05, 3.63) is 47.8 Å². The first-order valence-corrected chi connectivity index (χ1v) is 7.37. The summed E-state index contributed by atoms with van der Waals surface area (Å²) in [6.07, 6.45) is -1.19. The van der Waals surface area contributed by atoms with Crippen molar-refractivity contribution in [2.45, 2.75) is 6.18 Å². The molecule has 0 unspecified atom stereocenters. The third-order valence-electron chi connectivity index (χ3n) is 3.89. The zero-order valence-electron chi connectivity index (χ0n) is 12.7. The van der Waals surface area contributed by atoms with Crippen molar-refractivity contribution < 1.29 is 13.2 Å². The van der Waals surface area contributed by atoms with Crippen LogP contribution in [-0.4, -0.2) is 36.1 Å². The van der Waals surface area contributed by atoms with Crippen molar-refractivity contribution in [1.82, 2.24) is 9.97 Å². The standard InChI is InChI=1S/C16H14F3N5/c17-16(18,19)13-3-2-12(11-20)10-14(13)23-6-8-24(9-7-23)15-21-4-1-5-22-15/h1-5,10H,6-9H2. The molecule has 3 rings (SSSR count). The molecule has 2 aromatic rings. The first-order chi connectivity index (χ1) is 11.5. The Morgan fingerprint density at radius 2 is 1.62 bits per heavy atom. The van der Waals surface area contributed by atoms with E-state index in [0.29, 0.717) is 32.1 Å². The number of hydrogen-bond donors (Lipinski definition) is 0. The molecule has 1 aliphatic rings. The van der Waals surface area contributed by atoms with Gasteiger partial charge < -0.3 is 9.80 Å². The van der Waals surface area contributed by atoms with Crippen LogP contribution in [0, 0.1) is 11.3 Å². The van der Waals surface area contributed by atoms with Crippen LogP contribution in [0.2, 0.25) is 0 Å². The maximum Gasteiger partial charge on any atom is 0.418 e. The predicted molar refractivity (Wildman–Crippen MR) is 82.6 cm³/mol. The van der Waals surface area contributed by atoms with Gasteiger partial charge in [-0.2, -0.15) is 18.4 Å². The molecule has 0 spiro atoms. The molecule has 0 bridgehead atoms. The molecule has 8 heteroatoms. The van der Waals surface area contributed by atoms with Gasteiger partial charge in [0.1, 0.15) is 0 Å². The Morgan fingerprint density at radius 3 is 2.21 bits per heavy atom. The van der Waals surface area contributed by atoms with E-state index in [4.69, 9.17) is 5.26 Å². The second-order valence-electron chi connectivity index (χ2n) is 5.36. The van der Waals surface area contributed by atoms with Crippen molar-refractivity contribution in [2.75, 3.05) is 36.0 Å². The molecule has 0 N–H and O–H groups in total. The van der Waals surface area contributed by atoms with E-state index in [1.807, 2.05) is 11.0 Å². The van der Waals surface area contributed by atoms with E-state index in [-0.39, 0.29) is 11.3 Å². The Labute approximate surface area is 137 Å². The highest BCUT2D eigenvalue weighted by molar-refractivity contribution is 5.59. The van der Waals surface area contributed by atoms with Gasteiger partial charge in [0, 0.05) is 38.6 Å². The highest BCUT2D eigenvalue weighted by Crippen LogP contribution is 2.37. The van der Waals surface area contributed by atoms with E-state index >= 15 is 0 Å². The molecule has 1 aromatic carbocycles. The summed E-state index contributed by atoms with van der Waals surface area (Å²) in [6, 6.07) is 7.08. The van der Waals surface area contributed by atoms with E-state index in [9.17, 15) is 13.2 Å². The quantitative estimate of drug-likeness (QED) is 0.846. The van der Waals surface area contributed by atoms with Gasteiger partial charge in [-0.25, -0.2) is 9.97 Å². The summed E-state index contributed by atoms with van der Waals surface area (Å²) in [7, 11) is 0. The summed E-state index contributed by atoms with van der Waals surface area (Å²) < 4.78 is 39.7. The van der Waals surface area contributed by atoms with Gasteiger partial charge in [-0.1, -0.05) is 0 Å². The minimum Gasteiger partial charge on any atom is -0.367 e. The van der Waals surface area contributed by atoms with Crippen molar-refractivity contribution in [1.29, 1.82) is 5.26 Å². The lowest BCUT2D eigenvalue weighted by Crippen LogP contribution is -2.47. The molecule has 1 saturated heterocycles. The van der Waals surface area contributed by atoms with Crippen LogP contribution in [0.1, 0.15) is 11.1 Å². The first kappa shape index (κ1) is 16.1. The second-order valence-corrected chi connectivity index (χ2v) is 5.36. The van der Waals surface area contributed by atoms with Crippen molar-refractivity contribution in [3.63, 3.8) is 0 Å². The van der Waals surface area contributed by atoms with Gasteiger partial charge in [0.25, 0.3) is 0 Å². The lowest BCUT2D eigenvalue weighted by Gasteiger charge is -2.37. The Bertz CT molecular complexity index is 747. The summed E-state index contributed by atoms with van der Waals surface area (Å²) in [5, 5.41) is 8.97. The zero-order chi connectivity index (χ0) is 17.2. The third-order valence-corrected chi connectivity index (χ3v) is 3.89. The second kappa shape index (κ2) is 6.35. The summed E-state index contributed by atoms with van der Waals surface area (Å²) in [6.45, 7) is 1.82. The molecular weight excluding hydrogens is 319 g/mol. The molecule has 0 saturated carbocycles. The molecule has 124 valence electrons. The minimum atomic E-state index is -4.46. The zero-order valence-corrected chi connectivity index (χ0v) is 12.7. The highest BCUT2D eigenvalue weighted by atomic mass is 19.4. The molecule has 1 aliphatic heterocycles. The van der Waals surface area contributed by atoms with E-state index in [1.54, 1.807) is 23.4 Å². The van der Waals surface area contributed by atoms with E-state index in [2.05, 4.69) is 9.97 Å². The van der Waals surface area contributed by atoms with Crippen LogP contribution in [0.15, 0.2) is 36.7 Å². The Hall–Kier alpha value is -2.82. The summed E-state index contributed by atoms with van der Waals surface area (Å²) >= 11 is 0. The molecule has 0 amide bonds. The van der Waals surface area contributed by atoms with Crippen LogP contribution < -0.4 is 9.80 Å². The molecule has 0 radical (unpaired) electrons. The van der Waals surface area contributed by atoms with Crippen LogP contribution in [0.4, 0.5) is 24.8 Å². The first-order valence-electron chi connectivity index (χ1n) is 7.37. The van der Waals surface area contributed by atoms with Gasteiger partial charge >= 0.3 is 6.18 Å². The number of nitriles is 1. The van der Waals surface area contributed by atoms with Gasteiger partial charge in [0.05, 0.1) is 22.9 Å². The van der Waals surface area contributed by atoms with E-state index < -0.39 is 11.7 Å². The lowest BCUT2D eigenvalue weighted by atomic mass is 10.1. The van der Waals surface area contributed by atoms with Gasteiger partial charge in [-0.05, 0) is 24.3 Å². The fourth-order valence-corrected chi connectivity index (χ4v) is 2.70. The maximum absolute atomic E-state index is 13.2. The molecule has 1 aromatic heterocycles. The van der Waals surface area contributed by atoms with Crippen LogP contribution in [-0.2, 0) is 6.18 Å². The van der Waals surface area contributed by atoms with Crippen LogP contribution in [0.5, 0.6) is 0 Å². The Kier molecular flexibility index (Phi) is 4.25. The topological polar surface area (TPSA) is 56.1 Å². The number of halogens is 3. The molecule has 0 atom stereocenters. The van der Waals surface area contributed by atoms with Crippen molar-refractivity contribution >= 4 is 11.6 Å². The van der Waals surface area contributed by atoms with E-state index in [0.717, 1.165) is 6.07 Å². The predicted octanol–water partition coefficient (Wildman–Crippen LogP) is 2.69. The van der Waals surface area contributed by atoms with Crippen LogP contribution >= 0.6 is 0 Å². The molecular formula is C16H14F3N5. The number of hydrogen-bond acceptors (Lipinski definition) is 5. The van der Waals surface area contributed by atoms with E-state index in [1.165, 1.54) is 12.1 Å². The van der Waals surface area contributed by atoms with Crippen LogP contribution in [0.3, 0.4) is 0 Å². The number of anilines is 2. The van der Waals surface area contributed by atoms with Gasteiger partial charge in [-0.15, -0.1) is 0 Å². The Morgan fingerprint density at radius 1 is 1.00 bits per heavy atom. The number of aromatic nitrogens is 2. The smallest absolute Gasteiger partial charge is 0.367 e. The third kappa shape index (κ3) is 3.25. The van der Waals surface area contributed by atoms with Gasteiger partial charge in [-0.3, -0.25) is 0 Å². The molecule has 0 aliphatic carbocycles. The Balaban J connectivity index is 1.82.